The Morgan fingerprint density at radius 3 is 1.11 bits per heavy atom. The summed E-state index contributed by atoms with van der Waals surface area (Å²) in [4.78, 5) is 24.8. The predicted molar refractivity (Wildman–Crippen MR) is 502 cm³/mol. The van der Waals surface area contributed by atoms with Crippen LogP contribution < -0.4 is 10.2 Å². The number of nitrogens with one attached hydrogen (secondary N) is 1. The quantitative estimate of drug-likeness (QED) is 0.0153. The molecule has 0 bridgehead atoms. The van der Waals surface area contributed by atoms with Gasteiger partial charge >= 0.3 is 5.97 Å². The van der Waals surface area contributed by atoms with Crippen LogP contribution in [0.25, 0.3) is 10.8 Å². The molecule has 1 amide bonds. The molecule has 42 heteroatoms. The summed E-state index contributed by atoms with van der Waals surface area (Å²) in [5.41, 5.74) is 2.71. The van der Waals surface area contributed by atoms with Gasteiger partial charge in [0.1, 0.15) is 11.4 Å². The number of hydrogen-bond donors (Lipinski definition) is 5. The van der Waals surface area contributed by atoms with Crippen LogP contribution in [-0.2, 0) is 164 Å². The van der Waals surface area contributed by atoms with Crippen molar-refractivity contribution in [2.45, 2.75) is 124 Å². The molecule has 774 valence electrons. The molecule has 3 aromatic rings. The van der Waals surface area contributed by atoms with Crippen LogP contribution in [0, 0.1) is 0 Å². The number of aliphatic carboxylic acids is 1. The highest BCUT2D eigenvalue weighted by molar-refractivity contribution is 7.87. The molecule has 0 radical (unpaired) electrons. The monoisotopic (exact) mass is 1980 g/mol. The Bertz CT molecular complexity index is 4140. The Kier molecular flexibility index (Phi) is 65.9. The van der Waals surface area contributed by atoms with Gasteiger partial charge in [-0.2, -0.15) is 29.8 Å². The second-order valence-corrected chi connectivity index (χ2v) is 35.8. The molecule has 0 saturated carbocycles. The van der Waals surface area contributed by atoms with Gasteiger partial charge in [-0.25, -0.2) is 0 Å². The number of carbonyl (C=O) groups excluding carboxylic acids is 1. The number of benzene rings is 3. The first-order valence-corrected chi connectivity index (χ1v) is 51.2. The number of allylic oxidation sites excluding steroid dienone is 6. The third-order valence-electron chi connectivity index (χ3n) is 21.0. The van der Waals surface area contributed by atoms with E-state index in [4.69, 9.17) is 114 Å². The van der Waals surface area contributed by atoms with Crippen molar-refractivity contribution in [2.75, 3.05) is 342 Å². The lowest BCUT2D eigenvalue weighted by molar-refractivity contribution is -0.438. The fraction of sp³-hybridized carbons (Fsp3) is 0.731. The van der Waals surface area contributed by atoms with Crippen molar-refractivity contribution >= 4 is 70.1 Å². The second-order valence-electron chi connectivity index (χ2n) is 31.6. The van der Waals surface area contributed by atoms with Crippen LogP contribution in [0.5, 0.6) is 0 Å². The molecule has 1 unspecified atom stereocenters. The summed E-state index contributed by atoms with van der Waals surface area (Å²) in [7, 11) is -12.9. The molecule has 135 heavy (non-hydrogen) atoms. The van der Waals surface area contributed by atoms with E-state index in [9.17, 15) is 53.6 Å². The molecule has 3 aromatic carbocycles. The number of ether oxygens (including phenoxy) is 24. The van der Waals surface area contributed by atoms with E-state index in [2.05, 4.69) is 14.8 Å². The first-order chi connectivity index (χ1) is 65.5. The molecule has 0 spiro atoms. The minimum Gasteiger partial charge on any atom is -0.481 e. The van der Waals surface area contributed by atoms with Gasteiger partial charge < -0.3 is 129 Å². The molecule has 2 aliphatic rings. The van der Waals surface area contributed by atoms with Crippen LogP contribution in [0.2, 0.25) is 0 Å². The van der Waals surface area contributed by atoms with E-state index >= 15 is 0 Å². The SMILES string of the molecule is CCCCN1C(=CC=CC=CC2=[N+](CCCCCC(=O)NCCOCCOCCOCCOCCOCCOCCOCCOCCOCCOCCOCCOCCOCCOCCOCCOCCOCCOCCOCCOCCOCCOCCOCCOC)c3ccc(S(=O)(=O)O)cc3C2(C)C)C(C)(CCCCCC(=O)O)c2c1ccc1c(S(=O)(=O)O)cc(S(=O)(=O)O)cc21. The number of hydrogen-bond acceptors (Lipinski definition) is 33. The van der Waals surface area contributed by atoms with Crippen molar-refractivity contribution in [3.05, 3.63) is 89.7 Å². The van der Waals surface area contributed by atoms with Crippen molar-refractivity contribution in [1.82, 2.24) is 5.32 Å². The number of rotatable bonds is 93. The van der Waals surface area contributed by atoms with Gasteiger partial charge in [0.05, 0.1) is 326 Å². The van der Waals surface area contributed by atoms with E-state index < -0.39 is 56.9 Å². The molecular formula is C93H154N3O36S3+. The van der Waals surface area contributed by atoms with E-state index in [1.54, 1.807) is 19.2 Å². The molecule has 0 saturated heterocycles. The third-order valence-corrected chi connectivity index (χ3v) is 23.6. The van der Waals surface area contributed by atoms with Gasteiger partial charge in [-0.1, -0.05) is 50.5 Å². The standard InChI is InChI=1S/C93H153N3O36S3/c1-6-7-27-96-85-24-22-81-82(76-80(134(103,104)105)78-86(81)135(106,107)108)91(85)93(4,25-15-9-14-20-90(98)99)88(96)18-12-8-11-17-87-92(2,3)83-77-79(133(100,101)102)21-23-84(83)95(87)28-16-10-13-19-89(97)94-26-29-110-32-33-112-36-37-114-40-41-116-44-45-118-48-49-120-52-53-122-56-57-124-60-61-126-64-65-128-68-69-130-72-73-132-75-74-131-71-70-129-67-66-127-63-62-125-59-58-123-55-54-121-51-50-119-47-46-117-43-42-115-39-38-113-35-34-111-31-30-109-5/h8,11-12,17-18,21-24,76-78H,6-7,9-10,13-16,19-20,25-75H2,1-5H3,(H4-,94,97,98,99,100,101,102,103,104,105,106,107,108)/p+1. The Morgan fingerprint density at radius 2 is 0.756 bits per heavy atom. The molecule has 5 rings (SSSR count). The van der Waals surface area contributed by atoms with Crippen molar-refractivity contribution in [3.63, 3.8) is 0 Å². The molecule has 2 aliphatic heterocycles. The third kappa shape index (κ3) is 52.6. The van der Waals surface area contributed by atoms with E-state index in [0.717, 1.165) is 36.0 Å². The van der Waals surface area contributed by atoms with E-state index in [1.165, 1.54) is 24.3 Å². The number of fused-ring (bicyclic) bond motifs is 4. The highest BCUT2D eigenvalue weighted by atomic mass is 32.2. The van der Waals surface area contributed by atoms with Gasteiger partial charge in [0.25, 0.3) is 30.4 Å². The van der Waals surface area contributed by atoms with Crippen molar-refractivity contribution < 1.29 is 172 Å². The van der Waals surface area contributed by atoms with Crippen LogP contribution in [0.4, 0.5) is 11.4 Å². The first kappa shape index (κ1) is 120. The molecule has 0 aromatic heterocycles. The zero-order chi connectivity index (χ0) is 97.5. The number of nitrogens with zero attached hydrogens (tertiary/aromatic N) is 2. The Balaban J connectivity index is 0.759. The maximum absolute atomic E-state index is 12.8. The fourth-order valence-corrected chi connectivity index (χ4v) is 16.0. The number of carboxylic acid groups (broad SMARTS) is 1. The predicted octanol–water partition coefficient (Wildman–Crippen LogP) is 8.27. The average Bonchev–Trinajstić information content (AvgIpc) is 1.56. The molecule has 0 aliphatic carbocycles. The van der Waals surface area contributed by atoms with Crippen molar-refractivity contribution in [3.8, 4) is 0 Å². The molecule has 2 heterocycles. The number of anilines is 1. The Hall–Kier alpha value is -5.68. The Morgan fingerprint density at radius 1 is 0.393 bits per heavy atom. The molecule has 5 N–H and O–H groups in total. The Labute approximate surface area is 798 Å². The van der Waals surface area contributed by atoms with Gasteiger partial charge in [0, 0.05) is 79.4 Å². The molecule has 0 fully saturated rings. The van der Waals surface area contributed by atoms with Gasteiger partial charge in [-0.15, -0.1) is 0 Å². The summed E-state index contributed by atoms with van der Waals surface area (Å²) < 4.78 is 241. The highest BCUT2D eigenvalue weighted by Crippen LogP contribution is 2.54. The number of carboxylic acids is 1. The van der Waals surface area contributed by atoms with Crippen LogP contribution in [0.15, 0.2) is 93.2 Å². The normalized spacial score (nSPS) is 14.9. The highest BCUT2D eigenvalue weighted by Gasteiger charge is 2.46. The number of methoxy groups -OCH3 is 1. The second kappa shape index (κ2) is 74.3. The summed E-state index contributed by atoms with van der Waals surface area (Å²) in [6, 6.07) is 9.76. The maximum atomic E-state index is 12.8. The largest absolute Gasteiger partial charge is 0.481 e. The van der Waals surface area contributed by atoms with Gasteiger partial charge in [0.15, 0.2) is 5.71 Å². The average molecular weight is 1990 g/mol. The zero-order valence-corrected chi connectivity index (χ0v) is 82.5. The molecular weight excluding hydrogens is 1830 g/mol. The van der Waals surface area contributed by atoms with Gasteiger partial charge in [-0.05, 0) is 100 Å². The lowest BCUT2D eigenvalue weighted by Crippen LogP contribution is -2.29. The topological polar surface area (TPSA) is 457 Å². The van der Waals surface area contributed by atoms with Crippen molar-refractivity contribution in [2.24, 2.45) is 0 Å². The number of unbranched alkanes of at least 4 members (excludes halogenated alkanes) is 5. The summed E-state index contributed by atoms with van der Waals surface area (Å²) in [6.07, 6.45) is 15.2. The summed E-state index contributed by atoms with van der Waals surface area (Å²) in [5, 5.41) is 12.6. The van der Waals surface area contributed by atoms with Crippen LogP contribution in [0.3, 0.4) is 0 Å². The zero-order valence-electron chi connectivity index (χ0n) is 80.0. The summed E-state index contributed by atoms with van der Waals surface area (Å²) >= 11 is 0. The number of amides is 1. The van der Waals surface area contributed by atoms with E-state index in [-0.39, 0.29) is 28.0 Å². The van der Waals surface area contributed by atoms with Gasteiger partial charge in [-0.3, -0.25) is 23.2 Å². The van der Waals surface area contributed by atoms with Crippen molar-refractivity contribution in [1.29, 1.82) is 0 Å². The van der Waals surface area contributed by atoms with E-state index in [0.29, 0.717) is 398 Å². The molecule has 1 atom stereocenters. The van der Waals surface area contributed by atoms with E-state index in [1.807, 2.05) is 58.1 Å². The van der Waals surface area contributed by atoms with Crippen LogP contribution >= 0.6 is 0 Å². The molecule has 39 nitrogen and oxygen atoms in total. The van der Waals surface area contributed by atoms with Gasteiger partial charge in [0.2, 0.25) is 11.6 Å². The smallest absolute Gasteiger partial charge is 0.303 e. The lowest BCUT2D eigenvalue weighted by atomic mass is 9.75. The summed E-state index contributed by atoms with van der Waals surface area (Å²) in [5.74, 6) is -1.03. The fourth-order valence-electron chi connectivity index (χ4n) is 14.2. The first-order valence-electron chi connectivity index (χ1n) is 46.9. The minimum atomic E-state index is -5.00. The summed E-state index contributed by atoms with van der Waals surface area (Å²) in [6.45, 7) is 31.0. The lowest BCUT2D eigenvalue weighted by Gasteiger charge is -2.31. The number of carbonyl (C=O) groups is 2. The minimum absolute atomic E-state index is 0.0317. The maximum Gasteiger partial charge on any atom is 0.303 e. The van der Waals surface area contributed by atoms with Crippen LogP contribution in [0.1, 0.15) is 109 Å². The van der Waals surface area contributed by atoms with Crippen LogP contribution in [-0.4, -0.2) is 403 Å².